The van der Waals surface area contributed by atoms with Crippen LogP contribution in [0.5, 0.6) is 0 Å². The Morgan fingerprint density at radius 1 is 1.23 bits per heavy atom. The van der Waals surface area contributed by atoms with Gasteiger partial charge in [-0.3, -0.25) is 0 Å². The van der Waals surface area contributed by atoms with Gasteiger partial charge < -0.3 is 5.21 Å². The molecule has 0 unspecified atom stereocenters. The molecule has 0 bridgehead atoms. The summed E-state index contributed by atoms with van der Waals surface area (Å²) in [5.41, 5.74) is 2.30. The first kappa shape index (κ1) is 8.30. The first-order valence-corrected chi connectivity index (χ1v) is 4.65. The molecule has 1 fully saturated rings. The summed E-state index contributed by atoms with van der Waals surface area (Å²) in [4.78, 5) is 0. The van der Waals surface area contributed by atoms with Crippen molar-refractivity contribution >= 4 is 5.71 Å². The van der Waals surface area contributed by atoms with E-state index in [4.69, 9.17) is 5.21 Å². The van der Waals surface area contributed by atoms with Crippen molar-refractivity contribution in [1.29, 1.82) is 0 Å². The first-order valence-electron chi connectivity index (χ1n) is 4.65. The lowest BCUT2D eigenvalue weighted by Gasteiger charge is -2.07. The third-order valence-corrected chi connectivity index (χ3v) is 2.68. The van der Waals surface area contributed by atoms with E-state index in [-0.39, 0.29) is 0 Å². The average Bonchev–Trinajstić information content (AvgIpc) is 2.67. The minimum absolute atomic E-state index is 0.562. The summed E-state index contributed by atoms with van der Waals surface area (Å²) >= 11 is 0. The van der Waals surface area contributed by atoms with Gasteiger partial charge >= 0.3 is 0 Å². The van der Waals surface area contributed by atoms with E-state index >= 15 is 0 Å². The van der Waals surface area contributed by atoms with E-state index in [9.17, 15) is 0 Å². The zero-order valence-electron chi connectivity index (χ0n) is 7.48. The van der Waals surface area contributed by atoms with Crippen LogP contribution in [0.15, 0.2) is 35.5 Å². The lowest BCUT2D eigenvalue weighted by atomic mass is 9.98. The number of hydrogen-bond acceptors (Lipinski definition) is 2. The number of oxime groups is 1. The van der Waals surface area contributed by atoms with Crippen LogP contribution in [0.1, 0.15) is 30.7 Å². The van der Waals surface area contributed by atoms with Crippen LogP contribution in [0.3, 0.4) is 0 Å². The normalized spacial score (nSPS) is 25.2. The van der Waals surface area contributed by atoms with Crippen LogP contribution in [0.2, 0.25) is 0 Å². The fourth-order valence-electron chi connectivity index (χ4n) is 1.93. The maximum Gasteiger partial charge on any atom is 0.0577 e. The predicted octanol–water partition coefficient (Wildman–Crippen LogP) is 2.78. The molecule has 1 aromatic rings. The van der Waals surface area contributed by atoms with E-state index in [0.29, 0.717) is 5.92 Å². The van der Waals surface area contributed by atoms with Gasteiger partial charge in [0.15, 0.2) is 0 Å². The summed E-state index contributed by atoms with van der Waals surface area (Å²) in [5, 5.41) is 11.9. The Morgan fingerprint density at radius 3 is 2.62 bits per heavy atom. The van der Waals surface area contributed by atoms with E-state index in [1.807, 2.05) is 6.07 Å². The maximum atomic E-state index is 8.62. The van der Waals surface area contributed by atoms with Crippen LogP contribution >= 0.6 is 0 Å². The largest absolute Gasteiger partial charge is 0.411 e. The first-order chi connectivity index (χ1) is 6.40. The highest BCUT2D eigenvalue weighted by Gasteiger charge is 2.21. The highest BCUT2D eigenvalue weighted by Crippen LogP contribution is 2.32. The Labute approximate surface area is 77.9 Å². The minimum Gasteiger partial charge on any atom is -0.411 e. The second-order valence-electron chi connectivity index (χ2n) is 3.52. The molecule has 68 valence electrons. The van der Waals surface area contributed by atoms with E-state index in [0.717, 1.165) is 25.0 Å². The Hall–Kier alpha value is -1.31. The van der Waals surface area contributed by atoms with Crippen LogP contribution < -0.4 is 0 Å². The molecular formula is C11H13NO. The Kier molecular flexibility index (Phi) is 2.30. The van der Waals surface area contributed by atoms with E-state index < -0.39 is 0 Å². The van der Waals surface area contributed by atoms with Gasteiger partial charge in [-0.2, -0.15) is 0 Å². The minimum atomic E-state index is 0.562. The Balaban J connectivity index is 2.13. The topological polar surface area (TPSA) is 32.6 Å². The number of rotatable bonds is 1. The van der Waals surface area contributed by atoms with Crippen LogP contribution in [0.25, 0.3) is 0 Å². The molecule has 1 aromatic carbocycles. The molecule has 1 aliphatic rings. The van der Waals surface area contributed by atoms with Gasteiger partial charge in [-0.05, 0) is 30.7 Å². The highest BCUT2D eigenvalue weighted by atomic mass is 16.4. The third-order valence-electron chi connectivity index (χ3n) is 2.68. The molecule has 1 atom stereocenters. The zero-order chi connectivity index (χ0) is 9.10. The molecule has 1 saturated carbocycles. The van der Waals surface area contributed by atoms with Gasteiger partial charge in [-0.25, -0.2) is 0 Å². The maximum absolute atomic E-state index is 8.62. The SMILES string of the molecule is O/N=C1\CC[C@H](c2ccccc2)C1. The molecule has 2 nitrogen and oxygen atoms in total. The molecule has 0 radical (unpaired) electrons. The van der Waals surface area contributed by atoms with Crippen molar-refractivity contribution < 1.29 is 5.21 Å². The number of hydrogen-bond donors (Lipinski definition) is 1. The predicted molar refractivity (Wildman–Crippen MR) is 52.3 cm³/mol. The van der Waals surface area contributed by atoms with E-state index in [1.165, 1.54) is 5.56 Å². The molecule has 0 spiro atoms. The van der Waals surface area contributed by atoms with Crippen molar-refractivity contribution in [1.82, 2.24) is 0 Å². The van der Waals surface area contributed by atoms with E-state index in [2.05, 4.69) is 29.4 Å². The van der Waals surface area contributed by atoms with Gasteiger partial charge in [0, 0.05) is 0 Å². The highest BCUT2D eigenvalue weighted by molar-refractivity contribution is 5.86. The number of benzene rings is 1. The van der Waals surface area contributed by atoms with Crippen molar-refractivity contribution in [2.75, 3.05) is 0 Å². The Bertz CT molecular complexity index is 305. The summed E-state index contributed by atoms with van der Waals surface area (Å²) in [6.07, 6.45) is 2.97. The quantitative estimate of drug-likeness (QED) is 0.516. The molecule has 0 amide bonds. The Morgan fingerprint density at radius 2 is 2.00 bits per heavy atom. The summed E-state index contributed by atoms with van der Waals surface area (Å²) in [6, 6.07) is 10.4. The van der Waals surface area contributed by atoms with Gasteiger partial charge in [-0.15, -0.1) is 0 Å². The molecule has 0 aromatic heterocycles. The van der Waals surface area contributed by atoms with Crippen molar-refractivity contribution in [3.8, 4) is 0 Å². The second-order valence-corrected chi connectivity index (χ2v) is 3.52. The van der Waals surface area contributed by atoms with Crippen molar-refractivity contribution in [3.05, 3.63) is 35.9 Å². The zero-order valence-corrected chi connectivity index (χ0v) is 7.48. The van der Waals surface area contributed by atoms with Crippen LogP contribution in [-0.4, -0.2) is 10.9 Å². The van der Waals surface area contributed by atoms with Gasteiger partial charge in [0.2, 0.25) is 0 Å². The van der Waals surface area contributed by atoms with Gasteiger partial charge in [-0.1, -0.05) is 35.5 Å². The third kappa shape index (κ3) is 1.72. The molecule has 0 saturated heterocycles. The lowest BCUT2D eigenvalue weighted by Crippen LogP contribution is -1.93. The molecule has 0 heterocycles. The van der Waals surface area contributed by atoms with Gasteiger partial charge in [0.25, 0.3) is 0 Å². The smallest absolute Gasteiger partial charge is 0.0577 e. The summed E-state index contributed by atoms with van der Waals surface area (Å²) in [5.74, 6) is 0.562. The second kappa shape index (κ2) is 3.60. The molecule has 2 heteroatoms. The van der Waals surface area contributed by atoms with Crippen LogP contribution in [-0.2, 0) is 0 Å². The van der Waals surface area contributed by atoms with Crippen LogP contribution in [0.4, 0.5) is 0 Å². The summed E-state index contributed by atoms with van der Waals surface area (Å²) in [6.45, 7) is 0. The summed E-state index contributed by atoms with van der Waals surface area (Å²) < 4.78 is 0. The lowest BCUT2D eigenvalue weighted by molar-refractivity contribution is 0.317. The van der Waals surface area contributed by atoms with Crippen molar-refractivity contribution in [3.63, 3.8) is 0 Å². The molecule has 0 aliphatic heterocycles. The van der Waals surface area contributed by atoms with Crippen LogP contribution in [0, 0.1) is 0 Å². The summed E-state index contributed by atoms with van der Waals surface area (Å²) in [7, 11) is 0. The van der Waals surface area contributed by atoms with Gasteiger partial charge in [0.05, 0.1) is 5.71 Å². The molecule has 1 N–H and O–H groups in total. The molecular weight excluding hydrogens is 162 g/mol. The monoisotopic (exact) mass is 175 g/mol. The molecule has 2 rings (SSSR count). The van der Waals surface area contributed by atoms with E-state index in [1.54, 1.807) is 0 Å². The average molecular weight is 175 g/mol. The van der Waals surface area contributed by atoms with Gasteiger partial charge in [0.1, 0.15) is 0 Å². The van der Waals surface area contributed by atoms with Crippen molar-refractivity contribution in [2.24, 2.45) is 5.16 Å². The number of nitrogens with zero attached hydrogens (tertiary/aromatic N) is 1. The standard InChI is InChI=1S/C11H13NO/c13-12-11-7-6-10(8-11)9-4-2-1-3-5-9/h1-5,10,13H,6-8H2/b12-11+/t10-/m0/s1. The fraction of sp³-hybridized carbons (Fsp3) is 0.364. The molecule has 13 heavy (non-hydrogen) atoms. The van der Waals surface area contributed by atoms with Crippen molar-refractivity contribution in [2.45, 2.75) is 25.2 Å². The molecule has 1 aliphatic carbocycles. The fourth-order valence-corrected chi connectivity index (χ4v) is 1.93.